The van der Waals surface area contributed by atoms with Gasteiger partial charge in [0.05, 0.1) is 0 Å². The second kappa shape index (κ2) is 19.3. The van der Waals surface area contributed by atoms with Gasteiger partial charge < -0.3 is 39.4 Å². The van der Waals surface area contributed by atoms with Crippen molar-refractivity contribution in [1.82, 2.24) is 9.80 Å². The van der Waals surface area contributed by atoms with Crippen LogP contribution >= 0.6 is 0 Å². The van der Waals surface area contributed by atoms with Crippen molar-refractivity contribution in [3.8, 4) is 57.1 Å². The van der Waals surface area contributed by atoms with E-state index in [-0.39, 0.29) is 23.0 Å². The molecule has 4 heterocycles. The van der Waals surface area contributed by atoms with Gasteiger partial charge in [-0.1, -0.05) is 44.2 Å². The van der Waals surface area contributed by atoms with Crippen molar-refractivity contribution >= 4 is 22.3 Å². The number of hydrogen-bond donors (Lipinski definition) is 4. The van der Waals surface area contributed by atoms with Crippen molar-refractivity contribution in [1.29, 1.82) is 0 Å². The van der Waals surface area contributed by atoms with Gasteiger partial charge in [-0.05, 0) is 188 Å². The molecule has 10 rings (SSSR count). The molecule has 0 saturated carbocycles. The molecule has 0 aromatic heterocycles. The quantitative estimate of drug-likeness (QED) is 0.0890. The lowest BCUT2D eigenvalue weighted by Gasteiger charge is -2.32. The highest BCUT2D eigenvalue weighted by atomic mass is 16.5. The third-order valence-corrected chi connectivity index (χ3v) is 14.5. The maximum absolute atomic E-state index is 11.8. The van der Waals surface area contributed by atoms with Gasteiger partial charge in [-0.15, -0.1) is 0 Å². The first-order valence-electron chi connectivity index (χ1n) is 24.4. The minimum Gasteiger partial charge on any atom is -0.508 e. The van der Waals surface area contributed by atoms with Gasteiger partial charge in [0.2, 0.25) is 0 Å². The van der Waals surface area contributed by atoms with E-state index in [1.807, 2.05) is 62.4 Å². The second-order valence-electron chi connectivity index (χ2n) is 19.7. The monoisotopic (exact) mass is 926 g/mol. The number of aromatic hydroxyl groups is 4. The standard InChI is InChI=1S/C59H62N2O8/c1-35-19-21-60(32-35)23-24-66-53-16-11-42(59-56(41-7-6-8-45(62)26-41)38(4)50-30-46(63)13-18-55(50)69-59)29-52(53)43-25-44(28-48(65)27-43)57-39(5)51-31-47(64)12-17-54(51)68-58(57)40-9-14-49(15-10-40)67-34-37(3)61-22-20-36(2)33-61/h6-18,25-31,35-37,58-59,62-65H,19-24,32-34H2,1-5H3. The lowest BCUT2D eigenvalue weighted by molar-refractivity contribution is 0.169. The van der Waals surface area contributed by atoms with Crippen LogP contribution in [-0.2, 0) is 0 Å². The molecular weight excluding hydrogens is 865 g/mol. The Morgan fingerprint density at radius 3 is 1.84 bits per heavy atom. The van der Waals surface area contributed by atoms with E-state index in [0.717, 1.165) is 105 Å². The zero-order chi connectivity index (χ0) is 47.9. The Hall–Kier alpha value is -6.88. The maximum Gasteiger partial charge on any atom is 0.150 e. The summed E-state index contributed by atoms with van der Waals surface area (Å²) in [5, 5.41) is 43.7. The number of benzene rings is 6. The summed E-state index contributed by atoms with van der Waals surface area (Å²) >= 11 is 0. The zero-order valence-electron chi connectivity index (χ0n) is 40.1. The summed E-state index contributed by atoms with van der Waals surface area (Å²) in [4.78, 5) is 4.93. The highest BCUT2D eigenvalue weighted by molar-refractivity contribution is 5.98. The summed E-state index contributed by atoms with van der Waals surface area (Å²) in [6.45, 7) is 17.0. The number of hydrogen-bond acceptors (Lipinski definition) is 10. The lowest BCUT2D eigenvalue weighted by Crippen LogP contribution is -2.35. The van der Waals surface area contributed by atoms with E-state index in [1.165, 1.54) is 12.8 Å². The molecule has 2 fully saturated rings. The molecule has 0 aliphatic carbocycles. The predicted octanol–water partition coefficient (Wildman–Crippen LogP) is 12.1. The summed E-state index contributed by atoms with van der Waals surface area (Å²) in [6, 6.07) is 37.5. The Balaban J connectivity index is 1.05. The van der Waals surface area contributed by atoms with Crippen LogP contribution in [0.3, 0.4) is 0 Å². The first kappa shape index (κ1) is 45.9. The molecule has 5 atom stereocenters. The summed E-state index contributed by atoms with van der Waals surface area (Å²) in [7, 11) is 0. The molecule has 10 nitrogen and oxygen atoms in total. The van der Waals surface area contributed by atoms with Crippen molar-refractivity contribution in [3.05, 3.63) is 155 Å². The number of phenolic OH excluding ortho intramolecular Hbond substituents is 4. The number of ether oxygens (including phenoxy) is 4. The van der Waals surface area contributed by atoms with Crippen molar-refractivity contribution in [2.24, 2.45) is 11.8 Å². The van der Waals surface area contributed by atoms with Crippen LogP contribution in [0.5, 0.6) is 46.0 Å². The average molecular weight is 927 g/mol. The third kappa shape index (κ3) is 9.61. The van der Waals surface area contributed by atoms with Gasteiger partial charge in [0.1, 0.15) is 71.4 Å². The number of nitrogens with zero attached hydrogens (tertiary/aromatic N) is 2. The van der Waals surface area contributed by atoms with Crippen molar-refractivity contribution in [3.63, 3.8) is 0 Å². The smallest absolute Gasteiger partial charge is 0.150 e. The minimum atomic E-state index is -0.608. The number of rotatable bonds is 13. The Kier molecular flexibility index (Phi) is 12.8. The molecule has 10 heteroatoms. The fourth-order valence-electron chi connectivity index (χ4n) is 10.7. The number of allylic oxidation sites excluding steroid dienone is 2. The average Bonchev–Trinajstić information content (AvgIpc) is 3.98. The molecule has 6 aromatic rings. The molecule has 69 heavy (non-hydrogen) atoms. The highest BCUT2D eigenvalue weighted by Gasteiger charge is 2.33. The Morgan fingerprint density at radius 1 is 0.580 bits per heavy atom. The van der Waals surface area contributed by atoms with E-state index in [2.05, 4.69) is 42.7 Å². The molecule has 356 valence electrons. The van der Waals surface area contributed by atoms with Gasteiger partial charge in [-0.3, -0.25) is 9.80 Å². The Bertz CT molecular complexity index is 2940. The van der Waals surface area contributed by atoms with Crippen molar-refractivity contribution < 1.29 is 39.4 Å². The van der Waals surface area contributed by atoms with Gasteiger partial charge in [-0.2, -0.15) is 0 Å². The molecule has 4 N–H and O–H groups in total. The molecule has 4 aliphatic rings. The zero-order valence-corrected chi connectivity index (χ0v) is 40.1. The molecule has 0 amide bonds. The number of likely N-dealkylation sites (tertiary alicyclic amines) is 2. The topological polar surface area (TPSA) is 124 Å². The first-order chi connectivity index (χ1) is 33.3. The van der Waals surface area contributed by atoms with Gasteiger partial charge in [-0.25, -0.2) is 0 Å². The molecule has 0 spiro atoms. The summed E-state index contributed by atoms with van der Waals surface area (Å²) < 4.78 is 26.8. The molecule has 0 radical (unpaired) electrons. The van der Waals surface area contributed by atoms with Gasteiger partial charge in [0.15, 0.2) is 0 Å². The second-order valence-corrected chi connectivity index (χ2v) is 19.7. The fourth-order valence-corrected chi connectivity index (χ4v) is 10.7. The normalized spacial score (nSPS) is 20.8. The summed E-state index contributed by atoms with van der Waals surface area (Å²) in [5.74, 6) is 4.54. The van der Waals surface area contributed by atoms with Gasteiger partial charge in [0, 0.05) is 53.5 Å². The fraction of sp³-hybridized carbons (Fsp3) is 0.322. The van der Waals surface area contributed by atoms with Crippen LogP contribution in [0.1, 0.15) is 93.0 Å². The summed E-state index contributed by atoms with van der Waals surface area (Å²) in [6.07, 6.45) is 1.22. The van der Waals surface area contributed by atoms with E-state index in [1.54, 1.807) is 60.7 Å². The van der Waals surface area contributed by atoms with Crippen LogP contribution in [0, 0.1) is 11.8 Å². The largest absolute Gasteiger partial charge is 0.508 e. The van der Waals surface area contributed by atoms with Crippen LogP contribution < -0.4 is 18.9 Å². The van der Waals surface area contributed by atoms with Crippen molar-refractivity contribution in [2.45, 2.75) is 65.7 Å². The minimum absolute atomic E-state index is 0.0646. The highest BCUT2D eigenvalue weighted by Crippen LogP contribution is 2.51. The molecule has 4 aliphatic heterocycles. The van der Waals surface area contributed by atoms with Crippen LogP contribution in [0.4, 0.5) is 0 Å². The van der Waals surface area contributed by atoms with E-state index < -0.39 is 12.2 Å². The van der Waals surface area contributed by atoms with E-state index in [9.17, 15) is 20.4 Å². The SMILES string of the molecule is CC1=C(c2cc(O)cc(-c3cc(C4Oc5ccc(O)cc5C(C)=C4c4cccc(O)c4)ccc3OCCN3CCC(C)C3)c2)C(c2ccc(OCC(C)N3CCC(C)C3)cc2)Oc2ccc(O)cc21. The molecule has 2 saturated heterocycles. The molecule has 5 unspecified atom stereocenters. The Morgan fingerprint density at radius 2 is 1.19 bits per heavy atom. The third-order valence-electron chi connectivity index (χ3n) is 14.5. The van der Waals surface area contributed by atoms with E-state index in [4.69, 9.17) is 18.9 Å². The van der Waals surface area contributed by atoms with Gasteiger partial charge >= 0.3 is 0 Å². The van der Waals surface area contributed by atoms with E-state index in [0.29, 0.717) is 48.3 Å². The van der Waals surface area contributed by atoms with Gasteiger partial charge in [0.25, 0.3) is 0 Å². The van der Waals surface area contributed by atoms with Crippen LogP contribution in [-0.4, -0.2) is 82.2 Å². The molecule has 0 bridgehead atoms. The lowest BCUT2D eigenvalue weighted by atomic mass is 9.84. The number of phenols is 4. The van der Waals surface area contributed by atoms with Crippen LogP contribution in [0.15, 0.2) is 121 Å². The first-order valence-corrected chi connectivity index (χ1v) is 24.4. The molecular formula is C59H62N2O8. The maximum atomic E-state index is 11.8. The Labute approximate surface area is 405 Å². The van der Waals surface area contributed by atoms with Crippen LogP contribution in [0.2, 0.25) is 0 Å². The van der Waals surface area contributed by atoms with E-state index >= 15 is 0 Å². The van der Waals surface area contributed by atoms with Crippen molar-refractivity contribution in [2.75, 3.05) is 45.9 Å². The summed E-state index contributed by atoms with van der Waals surface area (Å²) in [5.41, 5.74) is 9.81. The predicted molar refractivity (Wildman–Crippen MR) is 272 cm³/mol. The number of fused-ring (bicyclic) bond motifs is 2. The molecule has 6 aromatic carbocycles. The van der Waals surface area contributed by atoms with Crippen LogP contribution in [0.25, 0.3) is 33.4 Å².